The second-order valence-electron chi connectivity index (χ2n) is 5.14. The number of pyridine rings is 1. The van der Waals surface area contributed by atoms with Crippen LogP contribution in [-0.2, 0) is 0 Å². The van der Waals surface area contributed by atoms with Crippen LogP contribution in [0.2, 0.25) is 10.0 Å². The molecule has 0 aliphatic carbocycles. The zero-order valence-corrected chi connectivity index (χ0v) is 13.2. The highest BCUT2D eigenvalue weighted by atomic mass is 35.5. The van der Waals surface area contributed by atoms with Gasteiger partial charge in [-0.15, -0.1) is 0 Å². The van der Waals surface area contributed by atoms with E-state index in [1.54, 1.807) is 19.1 Å². The van der Waals surface area contributed by atoms with Gasteiger partial charge in [0, 0.05) is 16.9 Å². The topological polar surface area (TPSA) is 79.0 Å². The number of carbonyl (C=O) groups excluding carboxylic acids is 2. The molecule has 8 heteroatoms. The minimum Gasteiger partial charge on any atom is -0.280 e. The second-order valence-corrected chi connectivity index (χ2v) is 5.98. The van der Waals surface area contributed by atoms with Gasteiger partial charge < -0.3 is 0 Å². The average Bonchev–Trinajstić information content (AvgIpc) is 3.00. The molecule has 0 bridgehead atoms. The number of aromatic amines is 1. The lowest BCUT2D eigenvalue weighted by atomic mass is 10.1. The van der Waals surface area contributed by atoms with Gasteiger partial charge in [-0.05, 0) is 25.1 Å². The van der Waals surface area contributed by atoms with Crippen LogP contribution >= 0.6 is 23.2 Å². The molecule has 0 saturated carbocycles. The molecule has 6 nitrogen and oxygen atoms in total. The zero-order chi connectivity index (χ0) is 16.3. The summed E-state index contributed by atoms with van der Waals surface area (Å²) in [7, 11) is 0. The number of aromatic nitrogens is 3. The summed E-state index contributed by atoms with van der Waals surface area (Å²) in [4.78, 5) is 30.7. The van der Waals surface area contributed by atoms with Crippen molar-refractivity contribution >= 4 is 51.7 Å². The monoisotopic (exact) mass is 346 g/mol. The fraction of sp³-hybridized carbons (Fsp3) is 0.0667. The van der Waals surface area contributed by atoms with Gasteiger partial charge in [-0.25, -0.2) is 9.88 Å². The Morgan fingerprint density at radius 2 is 1.96 bits per heavy atom. The van der Waals surface area contributed by atoms with E-state index in [-0.39, 0.29) is 21.8 Å². The quantitative estimate of drug-likeness (QED) is 0.685. The van der Waals surface area contributed by atoms with Gasteiger partial charge in [-0.2, -0.15) is 5.10 Å². The van der Waals surface area contributed by atoms with Crippen LogP contribution in [0, 0.1) is 6.92 Å². The van der Waals surface area contributed by atoms with E-state index >= 15 is 0 Å². The molecule has 0 atom stereocenters. The van der Waals surface area contributed by atoms with E-state index in [0.717, 1.165) is 4.90 Å². The van der Waals surface area contributed by atoms with Crippen LogP contribution in [-0.4, -0.2) is 27.0 Å². The summed E-state index contributed by atoms with van der Waals surface area (Å²) in [5, 5.41) is 7.99. The molecule has 3 aromatic rings. The van der Waals surface area contributed by atoms with Gasteiger partial charge in [-0.1, -0.05) is 23.2 Å². The van der Waals surface area contributed by atoms with Crippen molar-refractivity contribution in [2.45, 2.75) is 6.92 Å². The highest BCUT2D eigenvalue weighted by Crippen LogP contribution is 2.37. The van der Waals surface area contributed by atoms with Gasteiger partial charge >= 0.3 is 0 Å². The van der Waals surface area contributed by atoms with Crippen molar-refractivity contribution in [3.05, 3.63) is 51.3 Å². The van der Waals surface area contributed by atoms with Gasteiger partial charge in [0.25, 0.3) is 11.8 Å². The van der Waals surface area contributed by atoms with Crippen LogP contribution in [0.15, 0.2) is 24.4 Å². The van der Waals surface area contributed by atoms with Gasteiger partial charge in [0.2, 0.25) is 0 Å². The number of nitrogens with one attached hydrogen (secondary N) is 1. The number of aryl methyl sites for hydroxylation is 1. The van der Waals surface area contributed by atoms with Crippen molar-refractivity contribution < 1.29 is 9.59 Å². The molecule has 0 unspecified atom stereocenters. The number of rotatable bonds is 1. The van der Waals surface area contributed by atoms with Crippen LogP contribution in [0.5, 0.6) is 0 Å². The van der Waals surface area contributed by atoms with Crippen LogP contribution in [0.1, 0.15) is 26.4 Å². The van der Waals surface area contributed by atoms with Crippen molar-refractivity contribution in [1.82, 2.24) is 15.2 Å². The lowest BCUT2D eigenvalue weighted by molar-refractivity contribution is 0.0926. The molecular formula is C15H8Cl2N4O2. The van der Waals surface area contributed by atoms with Crippen LogP contribution in [0.3, 0.4) is 0 Å². The Bertz CT molecular complexity index is 1010. The molecule has 4 rings (SSSR count). The third kappa shape index (κ3) is 1.89. The number of carbonyl (C=O) groups is 2. The van der Waals surface area contributed by atoms with E-state index in [2.05, 4.69) is 15.2 Å². The summed E-state index contributed by atoms with van der Waals surface area (Å²) in [6.07, 6.45) is 1.36. The Labute approximate surface area is 140 Å². The first-order valence-corrected chi connectivity index (χ1v) is 7.42. The molecule has 0 spiro atoms. The summed E-state index contributed by atoms with van der Waals surface area (Å²) < 4.78 is 0. The van der Waals surface area contributed by atoms with Gasteiger partial charge in [0.1, 0.15) is 0 Å². The Hall–Kier alpha value is -2.44. The number of H-pyrrole nitrogens is 1. The summed E-state index contributed by atoms with van der Waals surface area (Å²) in [6, 6.07) is 4.60. The van der Waals surface area contributed by atoms with Gasteiger partial charge in [0.05, 0.1) is 27.2 Å². The van der Waals surface area contributed by atoms with Crippen molar-refractivity contribution in [3.63, 3.8) is 0 Å². The molecule has 23 heavy (non-hydrogen) atoms. The standard InChI is InChI=1S/C15H8Cl2N4O2/c1-6-11-12-8(5-18-13(11)20-19-6)14(22)21(15(12)23)10-3-2-7(16)4-9(10)17/h2-5H,1H3,(H,18,19,20). The lowest BCUT2D eigenvalue weighted by Crippen LogP contribution is -2.29. The van der Waals surface area contributed by atoms with E-state index < -0.39 is 11.8 Å². The minimum absolute atomic E-state index is 0.222. The molecule has 0 fully saturated rings. The van der Waals surface area contributed by atoms with Gasteiger partial charge in [-0.3, -0.25) is 14.7 Å². The Balaban J connectivity index is 1.96. The molecule has 2 amide bonds. The lowest BCUT2D eigenvalue weighted by Gasteiger charge is -2.15. The molecule has 1 N–H and O–H groups in total. The summed E-state index contributed by atoms with van der Waals surface area (Å²) in [6.45, 7) is 1.77. The predicted octanol–water partition coefficient (Wildman–Crippen LogP) is 3.37. The first-order chi connectivity index (χ1) is 11.0. The number of benzene rings is 1. The van der Waals surface area contributed by atoms with Crippen molar-refractivity contribution in [2.75, 3.05) is 4.90 Å². The van der Waals surface area contributed by atoms with Crippen LogP contribution < -0.4 is 4.90 Å². The number of halogens is 2. The molecule has 0 saturated heterocycles. The Kier molecular flexibility index (Phi) is 2.94. The fourth-order valence-electron chi connectivity index (χ4n) is 2.72. The fourth-order valence-corrected chi connectivity index (χ4v) is 3.22. The summed E-state index contributed by atoms with van der Waals surface area (Å²) in [5.74, 6) is -0.921. The smallest absolute Gasteiger partial charge is 0.267 e. The predicted molar refractivity (Wildman–Crippen MR) is 86.2 cm³/mol. The molecule has 2 aromatic heterocycles. The van der Waals surface area contributed by atoms with Crippen molar-refractivity contribution in [1.29, 1.82) is 0 Å². The first-order valence-electron chi connectivity index (χ1n) is 6.66. The third-order valence-corrected chi connectivity index (χ3v) is 4.30. The highest BCUT2D eigenvalue weighted by Gasteiger charge is 2.40. The number of fused-ring (bicyclic) bond motifs is 3. The van der Waals surface area contributed by atoms with E-state index in [9.17, 15) is 9.59 Å². The van der Waals surface area contributed by atoms with E-state index in [1.807, 2.05) is 0 Å². The average molecular weight is 347 g/mol. The maximum atomic E-state index is 12.9. The molecule has 1 aliphatic heterocycles. The largest absolute Gasteiger partial charge is 0.280 e. The van der Waals surface area contributed by atoms with Crippen LogP contribution in [0.25, 0.3) is 11.0 Å². The first kappa shape index (κ1) is 14.2. The molecule has 0 radical (unpaired) electrons. The van der Waals surface area contributed by atoms with Crippen molar-refractivity contribution in [2.24, 2.45) is 0 Å². The normalized spacial score (nSPS) is 14.0. The van der Waals surface area contributed by atoms with Crippen molar-refractivity contribution in [3.8, 4) is 0 Å². The molecule has 114 valence electrons. The highest BCUT2D eigenvalue weighted by molar-refractivity contribution is 6.42. The SMILES string of the molecule is Cc1[nH]nc2ncc3c(c12)C(=O)N(c1ccc(Cl)cc1Cl)C3=O. The summed E-state index contributed by atoms with van der Waals surface area (Å²) in [5.41, 5.74) is 1.88. The number of imide groups is 1. The zero-order valence-electron chi connectivity index (χ0n) is 11.7. The van der Waals surface area contributed by atoms with E-state index in [1.165, 1.54) is 12.3 Å². The number of anilines is 1. The number of amides is 2. The molecule has 1 aliphatic rings. The van der Waals surface area contributed by atoms with Crippen LogP contribution in [0.4, 0.5) is 5.69 Å². The van der Waals surface area contributed by atoms with E-state index in [4.69, 9.17) is 23.2 Å². The minimum atomic E-state index is -0.468. The Morgan fingerprint density at radius 1 is 1.17 bits per heavy atom. The second kappa shape index (κ2) is 4.78. The molecule has 3 heterocycles. The molecule has 1 aromatic carbocycles. The number of hydrogen-bond acceptors (Lipinski definition) is 4. The maximum Gasteiger partial charge on any atom is 0.267 e. The van der Waals surface area contributed by atoms with Gasteiger partial charge in [0.15, 0.2) is 5.65 Å². The maximum absolute atomic E-state index is 12.9. The third-order valence-electron chi connectivity index (χ3n) is 3.76. The number of nitrogens with zero attached hydrogens (tertiary/aromatic N) is 3. The molecular weight excluding hydrogens is 339 g/mol. The number of hydrogen-bond donors (Lipinski definition) is 1. The summed E-state index contributed by atoms with van der Waals surface area (Å²) >= 11 is 12.0. The Morgan fingerprint density at radius 3 is 2.70 bits per heavy atom. The van der Waals surface area contributed by atoms with E-state index in [0.29, 0.717) is 21.7 Å².